The smallest absolute Gasteiger partial charge is 0.269 e. The van der Waals surface area contributed by atoms with E-state index in [9.17, 15) is 10.1 Å². The first kappa shape index (κ1) is 16.3. The summed E-state index contributed by atoms with van der Waals surface area (Å²) < 4.78 is 10.6. The van der Waals surface area contributed by atoms with Gasteiger partial charge in [-0.15, -0.1) is 0 Å². The van der Waals surface area contributed by atoms with Crippen LogP contribution in [-0.2, 0) is 17.7 Å². The Hall–Kier alpha value is -2.60. The van der Waals surface area contributed by atoms with Crippen molar-refractivity contribution >= 4 is 11.4 Å². The van der Waals surface area contributed by atoms with Crippen molar-refractivity contribution in [2.24, 2.45) is 0 Å². The predicted molar refractivity (Wildman–Crippen MR) is 91.4 cm³/mol. The van der Waals surface area contributed by atoms with Gasteiger partial charge in [0, 0.05) is 43.6 Å². The number of aryl methyl sites for hydroxylation is 1. The monoisotopic (exact) mass is 328 g/mol. The lowest BCUT2D eigenvalue weighted by molar-refractivity contribution is -0.384. The molecule has 0 aliphatic carbocycles. The molecule has 0 fully saturated rings. The zero-order valence-electron chi connectivity index (χ0n) is 13.6. The Labute approximate surface area is 140 Å². The summed E-state index contributed by atoms with van der Waals surface area (Å²) in [5.74, 6) is 0.799. The molecular formula is C18H20N2O4. The van der Waals surface area contributed by atoms with E-state index in [1.165, 1.54) is 0 Å². The third kappa shape index (κ3) is 3.49. The number of nitro benzene ring substituents is 1. The number of para-hydroxylation sites is 1. The van der Waals surface area contributed by atoms with Gasteiger partial charge in [0.25, 0.3) is 5.69 Å². The van der Waals surface area contributed by atoms with Crippen molar-refractivity contribution in [2.75, 3.05) is 25.3 Å². The molecule has 1 aliphatic rings. The number of benzene rings is 2. The summed E-state index contributed by atoms with van der Waals surface area (Å²) in [6.45, 7) is 1.83. The van der Waals surface area contributed by atoms with Gasteiger partial charge in [-0.2, -0.15) is 0 Å². The van der Waals surface area contributed by atoms with Gasteiger partial charge in [-0.3, -0.25) is 10.1 Å². The van der Waals surface area contributed by atoms with E-state index < -0.39 is 0 Å². The minimum atomic E-state index is -0.340. The molecule has 0 amide bonds. The van der Waals surface area contributed by atoms with Crippen LogP contribution >= 0.6 is 0 Å². The van der Waals surface area contributed by atoms with E-state index in [1.807, 2.05) is 30.3 Å². The van der Waals surface area contributed by atoms with E-state index in [4.69, 9.17) is 9.47 Å². The van der Waals surface area contributed by atoms with E-state index >= 15 is 0 Å². The van der Waals surface area contributed by atoms with Crippen LogP contribution in [-0.4, -0.2) is 25.4 Å². The van der Waals surface area contributed by atoms with Gasteiger partial charge < -0.3 is 14.4 Å². The number of hydrogen-bond donors (Lipinski definition) is 0. The van der Waals surface area contributed by atoms with E-state index in [1.54, 1.807) is 19.2 Å². The fraction of sp³-hybridized carbons (Fsp3) is 0.333. The number of ether oxygens (including phenoxy) is 2. The first-order valence-corrected chi connectivity index (χ1v) is 7.91. The molecule has 0 bridgehead atoms. The molecule has 0 saturated heterocycles. The number of nitrogens with zero attached hydrogens (tertiary/aromatic N) is 2. The molecule has 6 nitrogen and oxygen atoms in total. The average molecular weight is 328 g/mol. The summed E-state index contributed by atoms with van der Waals surface area (Å²) in [6, 6.07) is 13.0. The first-order chi connectivity index (χ1) is 11.7. The van der Waals surface area contributed by atoms with Crippen LogP contribution in [0.3, 0.4) is 0 Å². The standard InChI is InChI=1S/C18H20N2O4/c1-23-13-24-18-7-3-2-5-15(18)12-19-10-4-6-14-11-16(20(21)22)8-9-17(14)19/h2-3,5,7-9,11H,4,6,10,12-13H2,1H3. The zero-order chi connectivity index (χ0) is 16.9. The van der Waals surface area contributed by atoms with Gasteiger partial charge in [0.05, 0.1) is 4.92 Å². The van der Waals surface area contributed by atoms with Crippen LogP contribution in [0.25, 0.3) is 0 Å². The highest BCUT2D eigenvalue weighted by molar-refractivity contribution is 5.60. The highest BCUT2D eigenvalue weighted by atomic mass is 16.7. The maximum Gasteiger partial charge on any atom is 0.269 e. The molecule has 2 aromatic carbocycles. The molecule has 126 valence electrons. The van der Waals surface area contributed by atoms with Crippen molar-refractivity contribution in [1.29, 1.82) is 0 Å². The predicted octanol–water partition coefficient (Wildman–Crippen LogP) is 3.53. The molecule has 1 heterocycles. The minimum absolute atomic E-state index is 0.152. The summed E-state index contributed by atoms with van der Waals surface area (Å²) in [6.07, 6.45) is 1.85. The number of rotatable bonds is 6. The number of nitro groups is 1. The van der Waals surface area contributed by atoms with E-state index in [0.29, 0.717) is 6.54 Å². The fourth-order valence-corrected chi connectivity index (χ4v) is 3.04. The van der Waals surface area contributed by atoms with Crippen LogP contribution in [0.1, 0.15) is 17.5 Å². The van der Waals surface area contributed by atoms with Crippen molar-refractivity contribution in [1.82, 2.24) is 0 Å². The summed E-state index contributed by atoms with van der Waals surface area (Å²) in [5, 5.41) is 11.0. The molecule has 0 saturated carbocycles. The van der Waals surface area contributed by atoms with Crippen molar-refractivity contribution in [3.05, 3.63) is 63.7 Å². The highest BCUT2D eigenvalue weighted by Gasteiger charge is 2.20. The normalized spacial score (nSPS) is 13.5. The zero-order valence-corrected chi connectivity index (χ0v) is 13.6. The van der Waals surface area contributed by atoms with Gasteiger partial charge in [0.2, 0.25) is 0 Å². The van der Waals surface area contributed by atoms with E-state index in [2.05, 4.69) is 4.90 Å². The topological polar surface area (TPSA) is 64.8 Å². The second-order valence-electron chi connectivity index (χ2n) is 5.75. The third-order valence-electron chi connectivity index (χ3n) is 4.15. The number of non-ortho nitro benzene ring substituents is 1. The van der Waals surface area contributed by atoms with Gasteiger partial charge >= 0.3 is 0 Å². The van der Waals surface area contributed by atoms with Gasteiger partial charge in [-0.05, 0) is 30.5 Å². The quantitative estimate of drug-likeness (QED) is 0.461. The number of methoxy groups -OCH3 is 1. The van der Waals surface area contributed by atoms with Crippen LogP contribution < -0.4 is 9.64 Å². The molecular weight excluding hydrogens is 308 g/mol. The molecule has 0 spiro atoms. The fourth-order valence-electron chi connectivity index (χ4n) is 3.04. The molecule has 0 radical (unpaired) electrons. The maximum atomic E-state index is 11.0. The molecule has 3 rings (SSSR count). The molecule has 24 heavy (non-hydrogen) atoms. The van der Waals surface area contributed by atoms with Gasteiger partial charge in [0.1, 0.15) is 5.75 Å². The lowest BCUT2D eigenvalue weighted by Crippen LogP contribution is -2.29. The van der Waals surface area contributed by atoms with Crippen molar-refractivity contribution in [3.8, 4) is 5.75 Å². The molecule has 0 N–H and O–H groups in total. The van der Waals surface area contributed by atoms with Gasteiger partial charge in [-0.25, -0.2) is 0 Å². The summed E-state index contributed by atoms with van der Waals surface area (Å²) in [4.78, 5) is 12.9. The molecule has 0 atom stereocenters. The highest BCUT2D eigenvalue weighted by Crippen LogP contribution is 2.32. The Bertz CT molecular complexity index is 733. The Morgan fingerprint density at radius 1 is 1.25 bits per heavy atom. The van der Waals surface area contributed by atoms with Crippen LogP contribution in [0.15, 0.2) is 42.5 Å². The van der Waals surface area contributed by atoms with E-state index in [0.717, 1.165) is 42.0 Å². The van der Waals surface area contributed by atoms with Gasteiger partial charge in [-0.1, -0.05) is 18.2 Å². The number of anilines is 1. The Morgan fingerprint density at radius 3 is 2.88 bits per heavy atom. The Morgan fingerprint density at radius 2 is 2.08 bits per heavy atom. The van der Waals surface area contributed by atoms with Crippen LogP contribution in [0.4, 0.5) is 11.4 Å². The Kier molecular flexibility index (Phi) is 4.96. The summed E-state index contributed by atoms with van der Waals surface area (Å²) in [5.41, 5.74) is 3.32. The van der Waals surface area contributed by atoms with Crippen molar-refractivity contribution in [2.45, 2.75) is 19.4 Å². The van der Waals surface area contributed by atoms with Crippen LogP contribution in [0.2, 0.25) is 0 Å². The summed E-state index contributed by atoms with van der Waals surface area (Å²) >= 11 is 0. The average Bonchev–Trinajstić information content (AvgIpc) is 2.60. The van der Waals surface area contributed by atoms with Crippen molar-refractivity contribution in [3.63, 3.8) is 0 Å². The molecule has 2 aromatic rings. The first-order valence-electron chi connectivity index (χ1n) is 7.91. The maximum absolute atomic E-state index is 11.0. The largest absolute Gasteiger partial charge is 0.467 e. The second-order valence-corrected chi connectivity index (χ2v) is 5.75. The molecule has 0 unspecified atom stereocenters. The van der Waals surface area contributed by atoms with Crippen molar-refractivity contribution < 1.29 is 14.4 Å². The van der Waals surface area contributed by atoms with E-state index in [-0.39, 0.29) is 17.4 Å². The molecule has 0 aromatic heterocycles. The molecule has 1 aliphatic heterocycles. The van der Waals surface area contributed by atoms with Gasteiger partial charge in [0.15, 0.2) is 6.79 Å². The number of fused-ring (bicyclic) bond motifs is 1. The Balaban J connectivity index is 1.84. The summed E-state index contributed by atoms with van der Waals surface area (Å²) in [7, 11) is 1.59. The lowest BCUT2D eigenvalue weighted by atomic mass is 10.00. The minimum Gasteiger partial charge on any atom is -0.467 e. The SMILES string of the molecule is COCOc1ccccc1CN1CCCc2cc([N+](=O)[O-])ccc21. The third-order valence-corrected chi connectivity index (χ3v) is 4.15. The molecule has 6 heteroatoms. The van der Waals surface area contributed by atoms with Crippen LogP contribution in [0.5, 0.6) is 5.75 Å². The van der Waals surface area contributed by atoms with Crippen LogP contribution in [0, 0.1) is 10.1 Å². The lowest BCUT2D eigenvalue weighted by Gasteiger charge is -2.31. The second kappa shape index (κ2) is 7.31. The number of hydrogen-bond acceptors (Lipinski definition) is 5.